The Hall–Kier alpha value is -2.13. The Morgan fingerprint density at radius 3 is 2.82 bits per heavy atom. The Morgan fingerprint density at radius 1 is 1.65 bits per heavy atom. The highest BCUT2D eigenvalue weighted by Gasteiger charge is 2.20. The molecule has 0 amide bonds. The van der Waals surface area contributed by atoms with Gasteiger partial charge in [-0.2, -0.15) is 5.26 Å². The van der Waals surface area contributed by atoms with Gasteiger partial charge in [0.15, 0.2) is 0 Å². The number of nitro groups is 1. The quantitative estimate of drug-likeness (QED) is 0.597. The summed E-state index contributed by atoms with van der Waals surface area (Å²) in [6.45, 7) is 1.73. The average Bonchev–Trinajstić information content (AvgIpc) is 2.34. The lowest BCUT2D eigenvalue weighted by Gasteiger charge is -2.15. The number of nitrogens with zero attached hydrogens (tertiary/aromatic N) is 2. The van der Waals surface area contributed by atoms with Crippen molar-refractivity contribution in [2.24, 2.45) is 0 Å². The van der Waals surface area contributed by atoms with Crippen LogP contribution in [0.5, 0.6) is 0 Å². The van der Waals surface area contributed by atoms with Crippen molar-refractivity contribution in [2.75, 3.05) is 11.9 Å². The first-order valence-electron chi connectivity index (χ1n) is 5.18. The van der Waals surface area contributed by atoms with Gasteiger partial charge in [-0.15, -0.1) is 0 Å². The van der Waals surface area contributed by atoms with Crippen LogP contribution in [0, 0.1) is 21.4 Å². The molecular weight excluding hydrogens is 222 g/mol. The molecular formula is C11H13N3O3. The van der Waals surface area contributed by atoms with Crippen molar-refractivity contribution in [1.82, 2.24) is 0 Å². The first kappa shape index (κ1) is 12.9. The lowest BCUT2D eigenvalue weighted by Crippen LogP contribution is -2.23. The maximum Gasteiger partial charge on any atom is 0.309 e. The largest absolute Gasteiger partial charge is 0.394 e. The molecule has 0 aliphatic rings. The minimum atomic E-state index is -0.592. The van der Waals surface area contributed by atoms with Crippen molar-refractivity contribution < 1.29 is 10.0 Å². The van der Waals surface area contributed by atoms with Crippen LogP contribution in [0.15, 0.2) is 18.2 Å². The van der Waals surface area contributed by atoms with Gasteiger partial charge in [-0.3, -0.25) is 10.1 Å². The molecule has 6 nitrogen and oxygen atoms in total. The third-order valence-electron chi connectivity index (χ3n) is 2.41. The molecule has 0 fully saturated rings. The highest BCUT2D eigenvalue weighted by Crippen LogP contribution is 2.28. The molecule has 0 bridgehead atoms. The third kappa shape index (κ3) is 2.92. The van der Waals surface area contributed by atoms with E-state index in [9.17, 15) is 10.1 Å². The van der Waals surface area contributed by atoms with Crippen LogP contribution in [-0.4, -0.2) is 22.7 Å². The van der Waals surface area contributed by atoms with Gasteiger partial charge in [0.2, 0.25) is 0 Å². The summed E-state index contributed by atoms with van der Waals surface area (Å²) in [6, 6.07) is 6.01. The predicted octanol–water partition coefficient (Wildman–Crippen LogP) is 1.65. The summed E-state index contributed by atoms with van der Waals surface area (Å²) in [5, 5.41) is 31.6. The predicted molar refractivity (Wildman–Crippen MR) is 62.6 cm³/mol. The first-order chi connectivity index (χ1) is 8.13. The van der Waals surface area contributed by atoms with E-state index in [0.717, 1.165) is 0 Å². The number of anilines is 1. The fourth-order valence-corrected chi connectivity index (χ4v) is 1.44. The topological polar surface area (TPSA) is 99.2 Å². The minimum absolute atomic E-state index is 0.00722. The van der Waals surface area contributed by atoms with Crippen molar-refractivity contribution in [3.63, 3.8) is 0 Å². The van der Waals surface area contributed by atoms with Gasteiger partial charge in [0.05, 0.1) is 11.5 Å². The van der Waals surface area contributed by atoms with Gasteiger partial charge in [0, 0.05) is 6.04 Å². The molecule has 0 saturated heterocycles. The fourth-order valence-electron chi connectivity index (χ4n) is 1.44. The number of hydrogen-bond acceptors (Lipinski definition) is 5. The van der Waals surface area contributed by atoms with E-state index in [1.807, 2.05) is 6.92 Å². The van der Waals surface area contributed by atoms with Crippen molar-refractivity contribution in [1.29, 1.82) is 5.26 Å². The second kappa shape index (κ2) is 5.82. The third-order valence-corrected chi connectivity index (χ3v) is 2.41. The maximum atomic E-state index is 10.9. The molecule has 0 radical (unpaired) electrons. The monoisotopic (exact) mass is 235 g/mol. The second-order valence-corrected chi connectivity index (χ2v) is 3.50. The van der Waals surface area contributed by atoms with Crippen LogP contribution in [0.1, 0.15) is 18.9 Å². The summed E-state index contributed by atoms with van der Waals surface area (Å²) >= 11 is 0. The molecule has 0 spiro atoms. The van der Waals surface area contributed by atoms with Crippen LogP contribution in [-0.2, 0) is 0 Å². The normalized spacial score (nSPS) is 11.6. The summed E-state index contributed by atoms with van der Waals surface area (Å²) in [5.74, 6) is 0. The summed E-state index contributed by atoms with van der Waals surface area (Å²) in [5.41, 5.74) is 0.0182. The Balaban J connectivity index is 3.15. The first-order valence-corrected chi connectivity index (χ1v) is 5.18. The fraction of sp³-hybridized carbons (Fsp3) is 0.364. The lowest BCUT2D eigenvalue weighted by atomic mass is 10.1. The Bertz CT molecular complexity index is 450. The Morgan fingerprint density at radius 2 is 2.35 bits per heavy atom. The number of para-hydroxylation sites is 1. The molecule has 0 aliphatic carbocycles. The van der Waals surface area contributed by atoms with E-state index in [1.54, 1.807) is 12.1 Å². The molecule has 90 valence electrons. The van der Waals surface area contributed by atoms with E-state index in [0.29, 0.717) is 6.42 Å². The maximum absolute atomic E-state index is 10.9. The van der Waals surface area contributed by atoms with Gasteiger partial charge in [-0.25, -0.2) is 0 Å². The van der Waals surface area contributed by atoms with Gasteiger partial charge >= 0.3 is 5.69 Å². The zero-order valence-corrected chi connectivity index (χ0v) is 9.38. The smallest absolute Gasteiger partial charge is 0.309 e. The molecule has 6 heteroatoms. The number of benzene rings is 1. The molecule has 1 rings (SSSR count). The summed E-state index contributed by atoms with van der Waals surface area (Å²) < 4.78 is 0. The number of rotatable bonds is 5. The van der Waals surface area contributed by atoms with Crippen LogP contribution < -0.4 is 5.32 Å². The standard InChI is InChI=1S/C11H13N3O3/c1-2-9(7-15)13-10-5-3-4-8(6-12)11(10)14(16)17/h3-5,9,13,15H,2,7H2,1H3. The van der Waals surface area contributed by atoms with Gasteiger partial charge in [-0.05, 0) is 18.6 Å². The molecule has 17 heavy (non-hydrogen) atoms. The Kier molecular flexibility index (Phi) is 4.43. The highest BCUT2D eigenvalue weighted by atomic mass is 16.6. The van der Waals surface area contributed by atoms with Gasteiger partial charge in [-0.1, -0.05) is 13.0 Å². The number of hydrogen-bond donors (Lipinski definition) is 2. The van der Waals surface area contributed by atoms with Crippen LogP contribution in [0.2, 0.25) is 0 Å². The Labute approximate surface area is 98.6 Å². The zero-order valence-electron chi connectivity index (χ0n) is 9.38. The van der Waals surface area contributed by atoms with Crippen LogP contribution in [0.3, 0.4) is 0 Å². The van der Waals surface area contributed by atoms with Crippen molar-refractivity contribution in [3.8, 4) is 6.07 Å². The zero-order chi connectivity index (χ0) is 12.8. The van der Waals surface area contributed by atoms with Crippen LogP contribution >= 0.6 is 0 Å². The minimum Gasteiger partial charge on any atom is -0.394 e. The molecule has 2 N–H and O–H groups in total. The molecule has 1 unspecified atom stereocenters. The van der Waals surface area contributed by atoms with E-state index in [-0.39, 0.29) is 29.6 Å². The van der Waals surface area contributed by atoms with Gasteiger partial charge in [0.25, 0.3) is 0 Å². The lowest BCUT2D eigenvalue weighted by molar-refractivity contribution is -0.384. The van der Waals surface area contributed by atoms with Crippen molar-refractivity contribution in [3.05, 3.63) is 33.9 Å². The molecule has 0 aliphatic heterocycles. The highest BCUT2D eigenvalue weighted by molar-refractivity contribution is 5.68. The SMILES string of the molecule is CCC(CO)Nc1cccc(C#N)c1[N+](=O)[O-]. The molecule has 0 aromatic heterocycles. The van der Waals surface area contributed by atoms with Crippen molar-refractivity contribution >= 4 is 11.4 Å². The number of nitro benzene ring substituents is 1. The molecule has 1 atom stereocenters. The number of nitriles is 1. The van der Waals surface area contributed by atoms with E-state index < -0.39 is 4.92 Å². The van der Waals surface area contributed by atoms with E-state index in [2.05, 4.69) is 5.32 Å². The van der Waals surface area contributed by atoms with Gasteiger partial charge in [0.1, 0.15) is 17.3 Å². The van der Waals surface area contributed by atoms with E-state index in [4.69, 9.17) is 10.4 Å². The number of aliphatic hydroxyl groups excluding tert-OH is 1. The van der Waals surface area contributed by atoms with E-state index >= 15 is 0 Å². The molecule has 0 heterocycles. The number of aliphatic hydroxyl groups is 1. The molecule has 1 aromatic carbocycles. The molecule has 0 saturated carbocycles. The molecule has 1 aromatic rings. The average molecular weight is 235 g/mol. The number of nitrogens with one attached hydrogen (secondary N) is 1. The summed E-state index contributed by atoms with van der Waals surface area (Å²) in [4.78, 5) is 10.3. The van der Waals surface area contributed by atoms with Gasteiger partial charge < -0.3 is 10.4 Å². The van der Waals surface area contributed by atoms with Crippen LogP contribution in [0.4, 0.5) is 11.4 Å². The second-order valence-electron chi connectivity index (χ2n) is 3.50. The van der Waals surface area contributed by atoms with E-state index in [1.165, 1.54) is 12.1 Å². The van der Waals surface area contributed by atoms with Crippen molar-refractivity contribution in [2.45, 2.75) is 19.4 Å². The van der Waals surface area contributed by atoms with Crippen LogP contribution in [0.25, 0.3) is 0 Å². The summed E-state index contributed by atoms with van der Waals surface area (Å²) in [6.07, 6.45) is 0.629. The summed E-state index contributed by atoms with van der Waals surface area (Å²) in [7, 11) is 0.